The van der Waals surface area contributed by atoms with Crippen LogP contribution in [0.2, 0.25) is 0 Å². The molecule has 2 fully saturated rings. The molecule has 1 atom stereocenters. The number of benzene rings is 1. The van der Waals surface area contributed by atoms with E-state index in [-0.39, 0.29) is 12.1 Å². The van der Waals surface area contributed by atoms with Crippen LogP contribution in [-0.4, -0.2) is 35.5 Å². The van der Waals surface area contributed by atoms with E-state index >= 15 is 0 Å². The van der Waals surface area contributed by atoms with E-state index in [1.807, 2.05) is 9.80 Å². The molecule has 1 aliphatic heterocycles. The number of hydrogen-bond donors (Lipinski definition) is 1. The Morgan fingerprint density at radius 3 is 2.33 bits per heavy atom. The maximum Gasteiger partial charge on any atom is 0.325 e. The van der Waals surface area contributed by atoms with Crippen molar-refractivity contribution in [2.24, 2.45) is 11.7 Å². The van der Waals surface area contributed by atoms with Crippen LogP contribution in [0.3, 0.4) is 0 Å². The minimum atomic E-state index is -0.450. The molecule has 0 bridgehead atoms. The number of primary amides is 1. The molecule has 2 aliphatic rings. The number of anilines is 1. The van der Waals surface area contributed by atoms with Gasteiger partial charge in [0.05, 0.1) is 6.04 Å². The fraction of sp³-hybridized carbons (Fsp3) is 0.500. The molecule has 21 heavy (non-hydrogen) atoms. The Morgan fingerprint density at radius 2 is 1.86 bits per heavy atom. The highest BCUT2D eigenvalue weighted by Gasteiger charge is 2.46. The van der Waals surface area contributed by atoms with Gasteiger partial charge in [-0.2, -0.15) is 0 Å². The van der Waals surface area contributed by atoms with Crippen LogP contribution in [0.1, 0.15) is 37.0 Å². The average molecular weight is 287 g/mol. The van der Waals surface area contributed by atoms with Crippen molar-refractivity contribution >= 4 is 17.6 Å². The molecule has 0 spiro atoms. The minimum absolute atomic E-state index is 0.0861. The largest absolute Gasteiger partial charge is 0.366 e. The Bertz CT molecular complexity index is 563. The van der Waals surface area contributed by atoms with Gasteiger partial charge in [-0.25, -0.2) is 4.79 Å². The van der Waals surface area contributed by atoms with Gasteiger partial charge in [0.15, 0.2) is 0 Å². The molecule has 112 valence electrons. The SMILES string of the molecule is CC(C)C1CN(c2ccc(C(N)=O)cc2)C(=O)N1C1CC1. The zero-order valence-corrected chi connectivity index (χ0v) is 12.5. The lowest BCUT2D eigenvalue weighted by Crippen LogP contribution is -2.39. The second-order valence-corrected chi connectivity index (χ2v) is 6.25. The molecule has 1 saturated heterocycles. The highest BCUT2D eigenvalue weighted by Crippen LogP contribution is 2.37. The lowest BCUT2D eigenvalue weighted by molar-refractivity contribution is 0.100. The van der Waals surface area contributed by atoms with E-state index in [1.54, 1.807) is 24.3 Å². The third-order valence-electron chi connectivity index (χ3n) is 4.35. The fourth-order valence-electron chi connectivity index (χ4n) is 2.97. The highest BCUT2D eigenvalue weighted by atomic mass is 16.2. The first kappa shape index (κ1) is 13.9. The van der Waals surface area contributed by atoms with Crippen LogP contribution >= 0.6 is 0 Å². The standard InChI is InChI=1S/C16H21N3O2/c1-10(2)14-9-18(16(21)19(14)13-7-8-13)12-5-3-11(4-6-12)15(17)20/h3-6,10,13-14H,7-9H2,1-2H3,(H2,17,20). The summed E-state index contributed by atoms with van der Waals surface area (Å²) < 4.78 is 0. The van der Waals surface area contributed by atoms with E-state index in [2.05, 4.69) is 13.8 Å². The van der Waals surface area contributed by atoms with Crippen molar-refractivity contribution in [2.75, 3.05) is 11.4 Å². The van der Waals surface area contributed by atoms with Crippen LogP contribution in [0.25, 0.3) is 0 Å². The Hall–Kier alpha value is -2.04. The van der Waals surface area contributed by atoms with Gasteiger partial charge in [-0.05, 0) is 43.0 Å². The van der Waals surface area contributed by atoms with Crippen LogP contribution in [-0.2, 0) is 0 Å². The topological polar surface area (TPSA) is 66.6 Å². The first-order chi connectivity index (χ1) is 9.99. The number of amides is 3. The molecule has 5 heteroatoms. The number of hydrogen-bond acceptors (Lipinski definition) is 2. The molecule has 1 saturated carbocycles. The van der Waals surface area contributed by atoms with Gasteiger partial charge in [0.25, 0.3) is 0 Å². The molecule has 3 amide bonds. The van der Waals surface area contributed by atoms with Crippen LogP contribution in [0.5, 0.6) is 0 Å². The normalized spacial score (nSPS) is 22.2. The second kappa shape index (κ2) is 5.06. The van der Waals surface area contributed by atoms with E-state index in [0.29, 0.717) is 24.1 Å². The quantitative estimate of drug-likeness (QED) is 0.922. The van der Waals surface area contributed by atoms with Crippen molar-refractivity contribution < 1.29 is 9.59 Å². The molecule has 5 nitrogen and oxygen atoms in total. The maximum atomic E-state index is 12.7. The summed E-state index contributed by atoms with van der Waals surface area (Å²) in [6.45, 7) is 5.03. The van der Waals surface area contributed by atoms with Crippen molar-refractivity contribution in [1.29, 1.82) is 0 Å². The molecule has 1 unspecified atom stereocenters. The second-order valence-electron chi connectivity index (χ2n) is 6.25. The van der Waals surface area contributed by atoms with Crippen LogP contribution in [0.4, 0.5) is 10.5 Å². The lowest BCUT2D eigenvalue weighted by Gasteiger charge is -2.25. The first-order valence-corrected chi connectivity index (χ1v) is 7.48. The number of rotatable bonds is 4. The summed E-state index contributed by atoms with van der Waals surface area (Å²) in [5.74, 6) is -0.0154. The van der Waals surface area contributed by atoms with Crippen LogP contribution < -0.4 is 10.6 Å². The number of nitrogens with two attached hydrogens (primary N) is 1. The van der Waals surface area contributed by atoms with Crippen molar-refractivity contribution in [1.82, 2.24) is 4.90 Å². The molecular weight excluding hydrogens is 266 g/mol. The van der Waals surface area contributed by atoms with E-state index in [4.69, 9.17) is 5.73 Å². The van der Waals surface area contributed by atoms with Crippen molar-refractivity contribution in [2.45, 2.75) is 38.8 Å². The van der Waals surface area contributed by atoms with Gasteiger partial charge < -0.3 is 10.6 Å². The van der Waals surface area contributed by atoms with Crippen molar-refractivity contribution in [3.8, 4) is 0 Å². The summed E-state index contributed by atoms with van der Waals surface area (Å²) in [5, 5.41) is 0. The van der Waals surface area contributed by atoms with Gasteiger partial charge in [-0.15, -0.1) is 0 Å². The zero-order valence-electron chi connectivity index (χ0n) is 12.5. The van der Waals surface area contributed by atoms with Gasteiger partial charge in [0, 0.05) is 23.8 Å². The molecule has 1 aromatic rings. The van der Waals surface area contributed by atoms with Gasteiger partial charge in [-0.3, -0.25) is 9.69 Å². The molecule has 0 aromatic heterocycles. The van der Waals surface area contributed by atoms with E-state index < -0.39 is 5.91 Å². The minimum Gasteiger partial charge on any atom is -0.366 e. The Morgan fingerprint density at radius 1 is 1.24 bits per heavy atom. The van der Waals surface area contributed by atoms with Gasteiger partial charge >= 0.3 is 6.03 Å². The molecule has 1 aromatic carbocycles. The number of urea groups is 1. The first-order valence-electron chi connectivity index (χ1n) is 7.48. The van der Waals surface area contributed by atoms with Crippen molar-refractivity contribution in [3.63, 3.8) is 0 Å². The number of carbonyl (C=O) groups excluding carboxylic acids is 2. The molecule has 2 N–H and O–H groups in total. The van der Waals surface area contributed by atoms with Gasteiger partial charge in [-0.1, -0.05) is 13.8 Å². The Kier molecular flexibility index (Phi) is 3.35. The van der Waals surface area contributed by atoms with Gasteiger partial charge in [0.2, 0.25) is 5.91 Å². The predicted octanol–water partition coefficient (Wildman–Crippen LogP) is 2.21. The Balaban J connectivity index is 1.85. The van der Waals surface area contributed by atoms with Crippen LogP contribution in [0, 0.1) is 5.92 Å². The molecule has 1 heterocycles. The molecular formula is C16H21N3O2. The average Bonchev–Trinajstić information content (AvgIpc) is 3.22. The summed E-state index contributed by atoms with van der Waals surface area (Å²) in [4.78, 5) is 27.7. The monoisotopic (exact) mass is 287 g/mol. The summed E-state index contributed by atoms with van der Waals surface area (Å²) in [6, 6.07) is 7.71. The van der Waals surface area contributed by atoms with Crippen LogP contribution in [0.15, 0.2) is 24.3 Å². The summed E-state index contributed by atoms with van der Waals surface area (Å²) >= 11 is 0. The summed E-state index contributed by atoms with van der Waals surface area (Å²) in [7, 11) is 0. The smallest absolute Gasteiger partial charge is 0.325 e. The molecule has 1 aliphatic carbocycles. The fourth-order valence-corrected chi connectivity index (χ4v) is 2.97. The van der Waals surface area contributed by atoms with E-state index in [1.165, 1.54) is 0 Å². The summed E-state index contributed by atoms with van der Waals surface area (Å²) in [5.41, 5.74) is 6.54. The van der Waals surface area contributed by atoms with Gasteiger partial charge in [0.1, 0.15) is 0 Å². The van der Waals surface area contributed by atoms with E-state index in [9.17, 15) is 9.59 Å². The summed E-state index contributed by atoms with van der Waals surface area (Å²) in [6.07, 6.45) is 2.23. The Labute approximate surface area is 124 Å². The maximum absolute atomic E-state index is 12.7. The number of carbonyl (C=O) groups is 2. The lowest BCUT2D eigenvalue weighted by atomic mass is 10.0. The zero-order chi connectivity index (χ0) is 15.1. The molecule has 0 radical (unpaired) electrons. The molecule has 3 rings (SSSR count). The highest BCUT2D eigenvalue weighted by molar-refractivity contribution is 5.97. The third-order valence-corrected chi connectivity index (χ3v) is 4.35. The third kappa shape index (κ3) is 2.48. The number of nitrogens with zero attached hydrogens (tertiary/aromatic N) is 2. The van der Waals surface area contributed by atoms with E-state index in [0.717, 1.165) is 18.5 Å². The van der Waals surface area contributed by atoms with Crippen molar-refractivity contribution in [3.05, 3.63) is 29.8 Å². The predicted molar refractivity (Wildman–Crippen MR) is 81.2 cm³/mol.